The summed E-state index contributed by atoms with van der Waals surface area (Å²) in [5.41, 5.74) is 5.41. The summed E-state index contributed by atoms with van der Waals surface area (Å²) < 4.78 is 0. The topological polar surface area (TPSA) is 55.1 Å². The zero-order chi connectivity index (χ0) is 12.2. The molecule has 0 aliphatic heterocycles. The molecule has 0 heterocycles. The molecular formula is C13H26N2O. The number of nitrogens with two attached hydrogens (primary N) is 1. The van der Waals surface area contributed by atoms with Crippen molar-refractivity contribution >= 4 is 5.91 Å². The third kappa shape index (κ3) is 3.21. The standard InChI is InChI=1S/C13H26N2O/c1-4-13(5-2,9-14)12(16)15-10(3)8-11-6-7-11/h10-11H,4-9,14H2,1-3H3,(H,15,16). The Morgan fingerprint density at radius 2 is 2.00 bits per heavy atom. The van der Waals surface area contributed by atoms with Gasteiger partial charge in [-0.05, 0) is 32.1 Å². The van der Waals surface area contributed by atoms with Gasteiger partial charge in [-0.25, -0.2) is 0 Å². The van der Waals surface area contributed by atoms with Gasteiger partial charge in [-0.15, -0.1) is 0 Å². The lowest BCUT2D eigenvalue weighted by atomic mass is 9.81. The molecule has 0 radical (unpaired) electrons. The first-order valence-electron chi connectivity index (χ1n) is 6.59. The lowest BCUT2D eigenvalue weighted by Crippen LogP contribution is -2.48. The van der Waals surface area contributed by atoms with Crippen LogP contribution in [0.2, 0.25) is 0 Å². The predicted octanol–water partition coefficient (Wildman–Crippen LogP) is 2.06. The van der Waals surface area contributed by atoms with E-state index in [4.69, 9.17) is 5.73 Å². The molecule has 94 valence electrons. The SMILES string of the molecule is CCC(CC)(CN)C(=O)NC(C)CC1CC1. The Morgan fingerprint density at radius 3 is 2.38 bits per heavy atom. The molecule has 16 heavy (non-hydrogen) atoms. The highest BCUT2D eigenvalue weighted by Gasteiger charge is 2.34. The molecule has 1 atom stereocenters. The van der Waals surface area contributed by atoms with Crippen LogP contribution in [-0.4, -0.2) is 18.5 Å². The lowest BCUT2D eigenvalue weighted by molar-refractivity contribution is -0.131. The van der Waals surface area contributed by atoms with Crippen molar-refractivity contribution in [3.8, 4) is 0 Å². The van der Waals surface area contributed by atoms with Crippen molar-refractivity contribution in [3.05, 3.63) is 0 Å². The number of carbonyl (C=O) groups is 1. The van der Waals surface area contributed by atoms with Gasteiger partial charge in [0.05, 0.1) is 5.41 Å². The normalized spacial score (nSPS) is 18.2. The van der Waals surface area contributed by atoms with E-state index in [0.29, 0.717) is 12.6 Å². The van der Waals surface area contributed by atoms with Crippen LogP contribution in [0.25, 0.3) is 0 Å². The molecule has 1 unspecified atom stereocenters. The second-order valence-electron chi connectivity index (χ2n) is 5.25. The zero-order valence-electron chi connectivity index (χ0n) is 10.9. The van der Waals surface area contributed by atoms with Crippen LogP contribution >= 0.6 is 0 Å². The fraction of sp³-hybridized carbons (Fsp3) is 0.923. The molecule has 1 saturated carbocycles. The summed E-state index contributed by atoms with van der Waals surface area (Å²) in [6.45, 7) is 6.63. The van der Waals surface area contributed by atoms with Crippen LogP contribution in [0.5, 0.6) is 0 Å². The zero-order valence-corrected chi connectivity index (χ0v) is 10.9. The number of hydrogen-bond acceptors (Lipinski definition) is 2. The Kier molecular flexibility index (Phi) is 4.78. The first-order valence-corrected chi connectivity index (χ1v) is 6.59. The van der Waals surface area contributed by atoms with Gasteiger partial charge >= 0.3 is 0 Å². The fourth-order valence-electron chi connectivity index (χ4n) is 2.24. The summed E-state index contributed by atoms with van der Waals surface area (Å²) in [4.78, 5) is 12.2. The van der Waals surface area contributed by atoms with Crippen LogP contribution in [-0.2, 0) is 4.79 Å². The maximum absolute atomic E-state index is 12.2. The second kappa shape index (κ2) is 5.67. The number of nitrogens with one attached hydrogen (secondary N) is 1. The van der Waals surface area contributed by atoms with Gasteiger partial charge in [0.25, 0.3) is 0 Å². The second-order valence-corrected chi connectivity index (χ2v) is 5.25. The monoisotopic (exact) mass is 226 g/mol. The molecule has 1 aliphatic carbocycles. The van der Waals surface area contributed by atoms with Crippen LogP contribution in [0, 0.1) is 11.3 Å². The number of amides is 1. The average Bonchev–Trinajstić information content (AvgIpc) is 3.05. The minimum atomic E-state index is -0.349. The minimum Gasteiger partial charge on any atom is -0.353 e. The lowest BCUT2D eigenvalue weighted by Gasteiger charge is -2.30. The Labute approximate surface area is 99.2 Å². The summed E-state index contributed by atoms with van der Waals surface area (Å²) in [5.74, 6) is 0.999. The molecule has 0 saturated heterocycles. The van der Waals surface area contributed by atoms with E-state index in [1.54, 1.807) is 0 Å². The summed E-state index contributed by atoms with van der Waals surface area (Å²) in [7, 11) is 0. The van der Waals surface area contributed by atoms with Gasteiger partial charge in [0, 0.05) is 12.6 Å². The highest BCUT2D eigenvalue weighted by Crippen LogP contribution is 2.33. The highest BCUT2D eigenvalue weighted by molar-refractivity contribution is 5.83. The molecule has 1 aliphatic rings. The third-order valence-electron chi connectivity index (χ3n) is 3.99. The molecule has 0 aromatic rings. The number of hydrogen-bond donors (Lipinski definition) is 2. The van der Waals surface area contributed by atoms with Gasteiger partial charge in [-0.3, -0.25) is 4.79 Å². The van der Waals surface area contributed by atoms with E-state index >= 15 is 0 Å². The average molecular weight is 226 g/mol. The molecule has 3 nitrogen and oxygen atoms in total. The number of rotatable bonds is 7. The molecule has 3 N–H and O–H groups in total. The summed E-state index contributed by atoms with van der Waals surface area (Å²) in [6, 6.07) is 0.295. The molecule has 0 spiro atoms. The molecule has 1 fully saturated rings. The smallest absolute Gasteiger partial charge is 0.227 e. The molecule has 0 aromatic carbocycles. The maximum Gasteiger partial charge on any atom is 0.227 e. The van der Waals surface area contributed by atoms with E-state index in [2.05, 4.69) is 12.2 Å². The molecular weight excluding hydrogens is 200 g/mol. The van der Waals surface area contributed by atoms with Crippen LogP contribution in [0.4, 0.5) is 0 Å². The van der Waals surface area contributed by atoms with Crippen LogP contribution < -0.4 is 11.1 Å². The molecule has 1 amide bonds. The fourth-order valence-corrected chi connectivity index (χ4v) is 2.24. The van der Waals surface area contributed by atoms with Crippen molar-refractivity contribution in [3.63, 3.8) is 0 Å². The quantitative estimate of drug-likeness (QED) is 0.698. The van der Waals surface area contributed by atoms with Crippen molar-refractivity contribution in [2.75, 3.05) is 6.54 Å². The van der Waals surface area contributed by atoms with Crippen molar-refractivity contribution in [1.82, 2.24) is 5.32 Å². The van der Waals surface area contributed by atoms with E-state index in [9.17, 15) is 4.79 Å². The van der Waals surface area contributed by atoms with Gasteiger partial charge < -0.3 is 11.1 Å². The Bertz CT molecular complexity index is 224. The third-order valence-corrected chi connectivity index (χ3v) is 3.99. The van der Waals surface area contributed by atoms with E-state index in [1.807, 2.05) is 13.8 Å². The predicted molar refractivity (Wildman–Crippen MR) is 67.0 cm³/mol. The van der Waals surface area contributed by atoms with Crippen molar-refractivity contribution in [1.29, 1.82) is 0 Å². The summed E-state index contributed by atoms with van der Waals surface area (Å²) in [5, 5.41) is 3.13. The van der Waals surface area contributed by atoms with E-state index in [-0.39, 0.29) is 11.3 Å². The minimum absolute atomic E-state index is 0.146. The number of carbonyl (C=O) groups excluding carboxylic acids is 1. The van der Waals surface area contributed by atoms with Gasteiger partial charge in [-0.2, -0.15) is 0 Å². The molecule has 0 aromatic heterocycles. The van der Waals surface area contributed by atoms with Crippen LogP contribution in [0.3, 0.4) is 0 Å². The van der Waals surface area contributed by atoms with Crippen molar-refractivity contribution < 1.29 is 4.79 Å². The Balaban J connectivity index is 2.46. The van der Waals surface area contributed by atoms with Gasteiger partial charge in [0.1, 0.15) is 0 Å². The Morgan fingerprint density at radius 1 is 1.44 bits per heavy atom. The molecule has 3 heteroatoms. The van der Waals surface area contributed by atoms with Crippen molar-refractivity contribution in [2.24, 2.45) is 17.1 Å². The Hall–Kier alpha value is -0.570. The van der Waals surface area contributed by atoms with Crippen LogP contribution in [0.1, 0.15) is 52.9 Å². The first kappa shape index (κ1) is 13.5. The summed E-state index contributed by atoms with van der Waals surface area (Å²) in [6.07, 6.45) is 5.44. The maximum atomic E-state index is 12.2. The van der Waals surface area contributed by atoms with Gasteiger partial charge in [0.2, 0.25) is 5.91 Å². The highest BCUT2D eigenvalue weighted by atomic mass is 16.2. The first-order chi connectivity index (χ1) is 7.57. The summed E-state index contributed by atoms with van der Waals surface area (Å²) >= 11 is 0. The largest absolute Gasteiger partial charge is 0.353 e. The van der Waals surface area contributed by atoms with E-state index in [1.165, 1.54) is 12.8 Å². The van der Waals surface area contributed by atoms with Gasteiger partial charge in [-0.1, -0.05) is 26.7 Å². The van der Waals surface area contributed by atoms with Crippen molar-refractivity contribution in [2.45, 2.75) is 58.9 Å². The van der Waals surface area contributed by atoms with E-state index < -0.39 is 0 Å². The molecule has 0 bridgehead atoms. The van der Waals surface area contributed by atoms with Gasteiger partial charge in [0.15, 0.2) is 0 Å². The van der Waals surface area contributed by atoms with Crippen LogP contribution in [0.15, 0.2) is 0 Å². The van der Waals surface area contributed by atoms with E-state index in [0.717, 1.165) is 25.2 Å². The molecule has 1 rings (SSSR count).